The minimum absolute atomic E-state index is 0.0226. The first-order chi connectivity index (χ1) is 11.3. The molecule has 1 aromatic carbocycles. The molecule has 0 radical (unpaired) electrons. The van der Waals surface area contributed by atoms with Gasteiger partial charge in [-0.3, -0.25) is 4.79 Å². The summed E-state index contributed by atoms with van der Waals surface area (Å²) >= 11 is 1.68. The van der Waals surface area contributed by atoms with Crippen LogP contribution in [0.25, 0.3) is 0 Å². The third-order valence-corrected chi connectivity index (χ3v) is 5.85. The van der Waals surface area contributed by atoms with Crippen LogP contribution in [0.3, 0.4) is 0 Å². The quantitative estimate of drug-likeness (QED) is 0.866. The molecule has 120 valence electrons. The number of aromatic nitrogens is 2. The van der Waals surface area contributed by atoms with Crippen molar-refractivity contribution >= 4 is 17.7 Å². The van der Waals surface area contributed by atoms with Gasteiger partial charge < -0.3 is 9.42 Å². The minimum atomic E-state index is -0.0316. The number of rotatable bonds is 3. The highest BCUT2D eigenvalue weighted by atomic mass is 32.2. The number of nitrogens with zero attached hydrogens (tertiary/aromatic N) is 3. The SMILES string of the molecule is CCc1nc([C@H]2CCCN2C(=O)[C@H]2Cc3ccccc3S2)no1. The van der Waals surface area contributed by atoms with Crippen molar-refractivity contribution in [3.63, 3.8) is 0 Å². The van der Waals surface area contributed by atoms with Crippen LogP contribution in [0.15, 0.2) is 33.7 Å². The van der Waals surface area contributed by atoms with Crippen LogP contribution in [-0.4, -0.2) is 32.7 Å². The molecule has 0 aliphatic carbocycles. The first kappa shape index (κ1) is 14.8. The Bertz CT molecular complexity index is 705. The van der Waals surface area contributed by atoms with Gasteiger partial charge in [0.05, 0.1) is 11.3 Å². The Morgan fingerprint density at radius 3 is 3.09 bits per heavy atom. The summed E-state index contributed by atoms with van der Waals surface area (Å²) in [7, 11) is 0. The van der Waals surface area contributed by atoms with E-state index < -0.39 is 0 Å². The van der Waals surface area contributed by atoms with Crippen LogP contribution in [-0.2, 0) is 17.6 Å². The maximum absolute atomic E-state index is 13.0. The Balaban J connectivity index is 1.52. The Labute approximate surface area is 139 Å². The summed E-state index contributed by atoms with van der Waals surface area (Å²) in [6, 6.07) is 8.25. The van der Waals surface area contributed by atoms with Crippen LogP contribution >= 0.6 is 11.8 Å². The van der Waals surface area contributed by atoms with Gasteiger partial charge in [0.25, 0.3) is 0 Å². The lowest BCUT2D eigenvalue weighted by Crippen LogP contribution is -2.37. The number of hydrogen-bond acceptors (Lipinski definition) is 5. The van der Waals surface area contributed by atoms with Crippen molar-refractivity contribution < 1.29 is 9.32 Å². The summed E-state index contributed by atoms with van der Waals surface area (Å²) in [5.41, 5.74) is 1.28. The summed E-state index contributed by atoms with van der Waals surface area (Å²) in [6.07, 6.45) is 3.45. The van der Waals surface area contributed by atoms with E-state index in [-0.39, 0.29) is 17.2 Å². The molecule has 1 saturated heterocycles. The second-order valence-electron chi connectivity index (χ2n) is 6.01. The Morgan fingerprint density at radius 1 is 1.43 bits per heavy atom. The van der Waals surface area contributed by atoms with E-state index in [0.717, 1.165) is 32.2 Å². The fourth-order valence-corrected chi connectivity index (χ4v) is 4.62. The molecule has 3 heterocycles. The zero-order valence-corrected chi connectivity index (χ0v) is 13.9. The molecule has 2 atom stereocenters. The normalized spacial score (nSPS) is 23.3. The predicted octanol–water partition coefficient (Wildman–Crippen LogP) is 3.01. The Kier molecular flexibility index (Phi) is 3.85. The maximum atomic E-state index is 13.0. The van der Waals surface area contributed by atoms with Crippen LogP contribution < -0.4 is 0 Å². The molecular formula is C17H19N3O2S. The van der Waals surface area contributed by atoms with Gasteiger partial charge >= 0.3 is 0 Å². The Morgan fingerprint density at radius 2 is 2.30 bits per heavy atom. The molecule has 0 spiro atoms. The van der Waals surface area contributed by atoms with Crippen molar-refractivity contribution in [1.29, 1.82) is 0 Å². The fraction of sp³-hybridized carbons (Fsp3) is 0.471. The van der Waals surface area contributed by atoms with Crippen LogP contribution in [0.4, 0.5) is 0 Å². The van der Waals surface area contributed by atoms with Gasteiger partial charge in [0.1, 0.15) is 0 Å². The monoisotopic (exact) mass is 329 g/mol. The van der Waals surface area contributed by atoms with Crippen molar-refractivity contribution in [3.05, 3.63) is 41.5 Å². The van der Waals surface area contributed by atoms with Crippen molar-refractivity contribution in [2.45, 2.75) is 48.8 Å². The summed E-state index contributed by atoms with van der Waals surface area (Å²) in [6.45, 7) is 2.77. The van der Waals surface area contributed by atoms with Crippen LogP contribution in [0.5, 0.6) is 0 Å². The number of aryl methyl sites for hydroxylation is 1. The van der Waals surface area contributed by atoms with Gasteiger partial charge in [-0.2, -0.15) is 4.98 Å². The molecule has 0 N–H and O–H groups in total. The van der Waals surface area contributed by atoms with E-state index >= 15 is 0 Å². The van der Waals surface area contributed by atoms with Gasteiger partial charge in [-0.1, -0.05) is 30.3 Å². The van der Waals surface area contributed by atoms with Crippen LogP contribution in [0, 0.1) is 0 Å². The van der Waals surface area contributed by atoms with E-state index in [1.807, 2.05) is 24.0 Å². The summed E-state index contributed by atoms with van der Waals surface area (Å²) in [4.78, 5) is 20.6. The second-order valence-corrected chi connectivity index (χ2v) is 7.25. The number of hydrogen-bond donors (Lipinski definition) is 0. The average Bonchev–Trinajstić information content (AvgIpc) is 3.30. The standard InChI is InChI=1S/C17H19N3O2S/c1-2-15-18-16(19-22-15)12-7-5-9-20(12)17(21)14-10-11-6-3-4-8-13(11)23-14/h3-4,6,8,12,14H,2,5,7,9-10H2,1H3/t12-,14-/m1/s1. The third kappa shape index (κ3) is 2.65. The first-order valence-electron chi connectivity index (χ1n) is 8.13. The van der Waals surface area contributed by atoms with Crippen LogP contribution in [0.2, 0.25) is 0 Å². The number of benzene rings is 1. The summed E-state index contributed by atoms with van der Waals surface area (Å²) in [5, 5.41) is 4.06. The topological polar surface area (TPSA) is 59.2 Å². The molecule has 0 bridgehead atoms. The van der Waals surface area contributed by atoms with E-state index in [9.17, 15) is 4.79 Å². The highest BCUT2D eigenvalue weighted by Crippen LogP contribution is 2.40. The summed E-state index contributed by atoms with van der Waals surface area (Å²) < 4.78 is 5.23. The zero-order valence-electron chi connectivity index (χ0n) is 13.1. The van der Waals surface area contributed by atoms with Gasteiger partial charge in [-0.05, 0) is 30.9 Å². The highest BCUT2D eigenvalue weighted by Gasteiger charge is 2.38. The second kappa shape index (κ2) is 6.00. The van der Waals surface area contributed by atoms with Crippen LogP contribution in [0.1, 0.15) is 43.1 Å². The Hall–Kier alpha value is -1.82. The van der Waals surface area contributed by atoms with Crippen molar-refractivity contribution in [2.75, 3.05) is 6.54 Å². The third-order valence-electron chi connectivity index (χ3n) is 4.54. The van der Waals surface area contributed by atoms with Crippen molar-refractivity contribution in [3.8, 4) is 0 Å². The molecule has 1 amide bonds. The number of fused-ring (bicyclic) bond motifs is 1. The molecule has 1 aromatic heterocycles. The van der Waals surface area contributed by atoms with E-state index in [0.29, 0.717) is 11.7 Å². The molecule has 2 aliphatic rings. The van der Waals surface area contributed by atoms with Gasteiger partial charge in [-0.15, -0.1) is 11.8 Å². The zero-order chi connectivity index (χ0) is 15.8. The smallest absolute Gasteiger partial charge is 0.237 e. The number of likely N-dealkylation sites (tertiary alicyclic amines) is 1. The molecule has 2 aromatic rings. The number of amides is 1. The average molecular weight is 329 g/mol. The minimum Gasteiger partial charge on any atom is -0.339 e. The lowest BCUT2D eigenvalue weighted by molar-refractivity contribution is -0.131. The van der Waals surface area contributed by atoms with Gasteiger partial charge in [0.15, 0.2) is 5.82 Å². The molecule has 0 unspecified atom stereocenters. The molecule has 6 heteroatoms. The largest absolute Gasteiger partial charge is 0.339 e. The molecule has 5 nitrogen and oxygen atoms in total. The highest BCUT2D eigenvalue weighted by molar-refractivity contribution is 8.01. The lowest BCUT2D eigenvalue weighted by Gasteiger charge is -2.24. The molecular weight excluding hydrogens is 310 g/mol. The summed E-state index contributed by atoms with van der Waals surface area (Å²) in [5.74, 6) is 1.51. The van der Waals surface area contributed by atoms with E-state index in [1.165, 1.54) is 10.5 Å². The van der Waals surface area contributed by atoms with Gasteiger partial charge in [0, 0.05) is 17.9 Å². The van der Waals surface area contributed by atoms with Gasteiger partial charge in [0.2, 0.25) is 11.8 Å². The fourth-order valence-electron chi connectivity index (χ4n) is 3.35. The first-order valence-corrected chi connectivity index (χ1v) is 9.01. The number of carbonyl (C=O) groups excluding carboxylic acids is 1. The molecule has 0 saturated carbocycles. The number of carbonyl (C=O) groups is 1. The predicted molar refractivity (Wildman–Crippen MR) is 87.2 cm³/mol. The molecule has 2 aliphatic heterocycles. The molecule has 4 rings (SSSR count). The van der Waals surface area contributed by atoms with E-state index in [4.69, 9.17) is 4.52 Å². The van der Waals surface area contributed by atoms with E-state index in [2.05, 4.69) is 22.3 Å². The lowest BCUT2D eigenvalue weighted by atomic mass is 10.1. The molecule has 1 fully saturated rings. The van der Waals surface area contributed by atoms with Crippen molar-refractivity contribution in [2.24, 2.45) is 0 Å². The van der Waals surface area contributed by atoms with Crippen molar-refractivity contribution in [1.82, 2.24) is 15.0 Å². The molecule has 23 heavy (non-hydrogen) atoms. The maximum Gasteiger partial charge on any atom is 0.237 e. The van der Waals surface area contributed by atoms with Gasteiger partial charge in [-0.25, -0.2) is 0 Å². The van der Waals surface area contributed by atoms with E-state index in [1.54, 1.807) is 11.8 Å². The number of thioether (sulfide) groups is 1.